The zero-order chi connectivity index (χ0) is 30.1. The summed E-state index contributed by atoms with van der Waals surface area (Å²) in [5.74, 6) is 2.38. The lowest BCUT2D eigenvalue weighted by atomic mass is 9.33. The molecule has 5 aliphatic rings. The van der Waals surface area contributed by atoms with Gasteiger partial charge in [0.25, 0.3) is 0 Å². The van der Waals surface area contributed by atoms with Gasteiger partial charge in [-0.3, -0.25) is 4.79 Å². The van der Waals surface area contributed by atoms with Gasteiger partial charge in [0.15, 0.2) is 0 Å². The lowest BCUT2D eigenvalue weighted by Gasteiger charge is -2.71. The van der Waals surface area contributed by atoms with Gasteiger partial charge in [-0.25, -0.2) is 0 Å². The SMILES string of the molecule is COC(=O)[C@]12CC[C@@H](C)[C@H](C)[C@H]1C1=CC[C@@H]3[C@@]4(C)CC[C@@H](O)[C@@](C)(COCc5ccccc5)[C@@H]4CC[C@@]3(C)[C@]1(C)CC2. The normalized spacial score (nSPS) is 48.1. The highest BCUT2D eigenvalue weighted by Crippen LogP contribution is 2.75. The molecule has 4 nitrogen and oxygen atoms in total. The Kier molecular flexibility index (Phi) is 7.57. The molecule has 0 spiro atoms. The Morgan fingerprint density at radius 3 is 2.38 bits per heavy atom. The second-order valence-electron chi connectivity index (χ2n) is 16.3. The Balaban J connectivity index is 1.33. The first-order chi connectivity index (χ1) is 19.9. The Hall–Kier alpha value is -1.65. The number of ether oxygens (including phenoxy) is 2. The average molecular weight is 577 g/mol. The number of rotatable bonds is 5. The zero-order valence-corrected chi connectivity index (χ0v) is 27.4. The van der Waals surface area contributed by atoms with E-state index in [0.717, 1.165) is 51.4 Å². The molecule has 0 heterocycles. The van der Waals surface area contributed by atoms with Crippen LogP contribution in [-0.2, 0) is 20.9 Å². The van der Waals surface area contributed by atoms with E-state index in [2.05, 4.69) is 71.9 Å². The topological polar surface area (TPSA) is 55.8 Å². The summed E-state index contributed by atoms with van der Waals surface area (Å²) >= 11 is 0. The maximum Gasteiger partial charge on any atom is 0.312 e. The molecule has 0 aliphatic heterocycles. The third kappa shape index (κ3) is 4.09. The number of fused-ring (bicyclic) bond motifs is 7. The summed E-state index contributed by atoms with van der Waals surface area (Å²) in [6.45, 7) is 16.1. The first-order valence-electron chi connectivity index (χ1n) is 17.0. The van der Waals surface area contributed by atoms with Gasteiger partial charge in [-0.05, 0) is 109 Å². The smallest absolute Gasteiger partial charge is 0.312 e. The van der Waals surface area contributed by atoms with Crippen molar-refractivity contribution in [1.82, 2.24) is 0 Å². The molecule has 11 atom stereocenters. The van der Waals surface area contributed by atoms with Gasteiger partial charge in [0.2, 0.25) is 0 Å². The Labute approximate surface area is 255 Å². The van der Waals surface area contributed by atoms with Crippen LogP contribution in [0.5, 0.6) is 0 Å². The number of allylic oxidation sites excluding steroid dienone is 2. The van der Waals surface area contributed by atoms with Crippen molar-refractivity contribution in [2.24, 2.45) is 56.7 Å². The molecule has 232 valence electrons. The number of esters is 1. The molecular weight excluding hydrogens is 520 g/mol. The fourth-order valence-electron chi connectivity index (χ4n) is 12.0. The second kappa shape index (κ2) is 10.5. The van der Waals surface area contributed by atoms with Gasteiger partial charge in [-0.1, -0.05) is 83.5 Å². The molecule has 5 aliphatic carbocycles. The van der Waals surface area contributed by atoms with Gasteiger partial charge in [-0.15, -0.1) is 0 Å². The number of aliphatic hydroxyl groups excluding tert-OH is 1. The first kappa shape index (κ1) is 30.4. The summed E-state index contributed by atoms with van der Waals surface area (Å²) < 4.78 is 12.0. The molecule has 0 aromatic heterocycles. The van der Waals surface area contributed by atoms with Crippen molar-refractivity contribution in [3.05, 3.63) is 47.5 Å². The summed E-state index contributed by atoms with van der Waals surface area (Å²) in [6, 6.07) is 10.4. The lowest BCUT2D eigenvalue weighted by Crippen LogP contribution is -2.66. The summed E-state index contributed by atoms with van der Waals surface area (Å²) in [7, 11) is 1.59. The molecule has 0 bridgehead atoms. The van der Waals surface area contributed by atoms with E-state index in [1.165, 1.54) is 12.0 Å². The van der Waals surface area contributed by atoms with E-state index < -0.39 is 0 Å². The maximum absolute atomic E-state index is 13.5. The third-order valence-corrected chi connectivity index (χ3v) is 14.9. The number of carbonyl (C=O) groups is 1. The molecule has 4 heteroatoms. The van der Waals surface area contributed by atoms with Gasteiger partial charge in [0.05, 0.1) is 31.8 Å². The Bertz CT molecular complexity index is 1210. The van der Waals surface area contributed by atoms with Crippen LogP contribution in [0.15, 0.2) is 42.0 Å². The number of methoxy groups -OCH3 is 1. The summed E-state index contributed by atoms with van der Waals surface area (Å²) in [5, 5.41) is 11.5. The Morgan fingerprint density at radius 1 is 0.929 bits per heavy atom. The fraction of sp³-hybridized carbons (Fsp3) is 0.763. The van der Waals surface area contributed by atoms with E-state index in [9.17, 15) is 9.90 Å². The number of aliphatic hydroxyl groups is 1. The molecule has 0 unspecified atom stereocenters. The molecule has 1 N–H and O–H groups in total. The number of carbonyl (C=O) groups excluding carboxylic acids is 1. The standard InChI is InChI=1S/C38H56O4/c1-25-15-20-38(33(40)41-7)22-21-36(5)28(32(38)26(25)2)13-14-30-34(3)18-17-31(39)35(4,29(34)16-19-37(30,36)6)24-42-23-27-11-9-8-10-12-27/h8-13,25-26,29-32,39H,14-24H2,1-7H3/t25-,26+,29-,30-,31-,32+,34+,35+,36-,37-,38+/m1/s1. The number of benzene rings is 1. The summed E-state index contributed by atoms with van der Waals surface area (Å²) in [6.07, 6.45) is 11.7. The van der Waals surface area contributed by atoms with E-state index in [1.807, 2.05) is 6.07 Å². The molecule has 4 fully saturated rings. The maximum atomic E-state index is 13.5. The summed E-state index contributed by atoms with van der Waals surface area (Å²) in [5.41, 5.74) is 2.55. The number of hydrogen-bond acceptors (Lipinski definition) is 4. The molecule has 1 aromatic carbocycles. The van der Waals surface area contributed by atoms with E-state index >= 15 is 0 Å². The highest BCUT2D eigenvalue weighted by molar-refractivity contribution is 5.78. The fourth-order valence-corrected chi connectivity index (χ4v) is 12.0. The van der Waals surface area contributed by atoms with E-state index in [1.54, 1.807) is 12.7 Å². The van der Waals surface area contributed by atoms with Crippen LogP contribution in [0, 0.1) is 56.7 Å². The lowest BCUT2D eigenvalue weighted by molar-refractivity contribution is -0.221. The van der Waals surface area contributed by atoms with Gasteiger partial charge < -0.3 is 14.6 Å². The van der Waals surface area contributed by atoms with Crippen molar-refractivity contribution >= 4 is 5.97 Å². The van der Waals surface area contributed by atoms with Crippen LogP contribution in [0.1, 0.15) is 105 Å². The van der Waals surface area contributed by atoms with Crippen molar-refractivity contribution < 1.29 is 19.4 Å². The van der Waals surface area contributed by atoms with Crippen LogP contribution in [-0.4, -0.2) is 30.9 Å². The molecule has 1 aromatic rings. The predicted molar refractivity (Wildman–Crippen MR) is 167 cm³/mol. The molecule has 0 radical (unpaired) electrons. The van der Waals surface area contributed by atoms with E-state index in [4.69, 9.17) is 9.47 Å². The zero-order valence-electron chi connectivity index (χ0n) is 27.4. The van der Waals surface area contributed by atoms with Crippen molar-refractivity contribution in [2.75, 3.05) is 13.7 Å². The van der Waals surface area contributed by atoms with E-state index in [-0.39, 0.29) is 45.1 Å². The summed E-state index contributed by atoms with van der Waals surface area (Å²) in [4.78, 5) is 13.5. The van der Waals surface area contributed by atoms with Crippen molar-refractivity contribution in [1.29, 1.82) is 0 Å². The minimum absolute atomic E-state index is 0.0321. The number of hydrogen-bond donors (Lipinski definition) is 1. The van der Waals surface area contributed by atoms with Gasteiger partial charge in [0.1, 0.15) is 0 Å². The van der Waals surface area contributed by atoms with Gasteiger partial charge >= 0.3 is 5.97 Å². The predicted octanol–water partition coefficient (Wildman–Crippen LogP) is 8.37. The quantitative estimate of drug-likeness (QED) is 0.283. The minimum atomic E-state index is -0.361. The third-order valence-electron chi connectivity index (χ3n) is 14.9. The highest BCUT2D eigenvalue weighted by Gasteiger charge is 2.70. The van der Waals surface area contributed by atoms with Gasteiger partial charge in [-0.2, -0.15) is 0 Å². The highest BCUT2D eigenvalue weighted by atomic mass is 16.5. The van der Waals surface area contributed by atoms with Crippen molar-refractivity contribution in [3.8, 4) is 0 Å². The van der Waals surface area contributed by atoms with Gasteiger partial charge in [0, 0.05) is 5.41 Å². The van der Waals surface area contributed by atoms with Crippen LogP contribution >= 0.6 is 0 Å². The largest absolute Gasteiger partial charge is 0.469 e. The van der Waals surface area contributed by atoms with Crippen LogP contribution < -0.4 is 0 Å². The first-order valence-corrected chi connectivity index (χ1v) is 17.0. The molecule has 0 saturated heterocycles. The van der Waals surface area contributed by atoms with E-state index in [0.29, 0.717) is 36.9 Å². The Morgan fingerprint density at radius 2 is 1.67 bits per heavy atom. The van der Waals surface area contributed by atoms with Crippen LogP contribution in [0.4, 0.5) is 0 Å². The average Bonchev–Trinajstić information content (AvgIpc) is 2.97. The minimum Gasteiger partial charge on any atom is -0.469 e. The van der Waals surface area contributed by atoms with Crippen molar-refractivity contribution in [2.45, 2.75) is 112 Å². The second-order valence-corrected chi connectivity index (χ2v) is 16.3. The molecular formula is C38H56O4. The molecule has 42 heavy (non-hydrogen) atoms. The molecule has 0 amide bonds. The molecule has 4 saturated carbocycles. The molecule has 6 rings (SSSR count). The van der Waals surface area contributed by atoms with Crippen LogP contribution in [0.3, 0.4) is 0 Å². The van der Waals surface area contributed by atoms with Crippen LogP contribution in [0.2, 0.25) is 0 Å². The monoisotopic (exact) mass is 576 g/mol. The van der Waals surface area contributed by atoms with Crippen molar-refractivity contribution in [3.63, 3.8) is 0 Å². The van der Waals surface area contributed by atoms with Crippen LogP contribution in [0.25, 0.3) is 0 Å².